The smallest absolute Gasteiger partial charge is 0.416 e. The summed E-state index contributed by atoms with van der Waals surface area (Å²) in [6.45, 7) is -0.149. The summed E-state index contributed by atoms with van der Waals surface area (Å²) < 4.78 is 88.4. The number of oxazole rings is 1. The zero-order chi connectivity index (χ0) is 25.8. The van der Waals surface area contributed by atoms with Crippen molar-refractivity contribution >= 4 is 21.8 Å². The maximum atomic E-state index is 14.5. The zero-order valence-corrected chi connectivity index (χ0v) is 19.6. The molecule has 1 amide bonds. The van der Waals surface area contributed by atoms with Crippen LogP contribution in [0.1, 0.15) is 27.9 Å². The molecule has 1 aromatic heterocycles. The highest BCUT2D eigenvalue weighted by molar-refractivity contribution is 9.10. The van der Waals surface area contributed by atoms with E-state index in [1.165, 1.54) is 19.2 Å². The molecule has 0 aliphatic heterocycles. The second-order valence-electron chi connectivity index (χ2n) is 7.01. The van der Waals surface area contributed by atoms with Gasteiger partial charge in [0, 0.05) is 12.7 Å². The first-order valence-corrected chi connectivity index (χ1v) is 10.7. The summed E-state index contributed by atoms with van der Waals surface area (Å²) in [6.07, 6.45) is -5.53. The van der Waals surface area contributed by atoms with E-state index in [1.54, 1.807) is 0 Å². The molecule has 1 atom stereocenters. The second kappa shape index (κ2) is 11.1. The fourth-order valence-electron chi connectivity index (χ4n) is 2.95. The van der Waals surface area contributed by atoms with Gasteiger partial charge in [-0.15, -0.1) is 0 Å². The Bertz CT molecular complexity index is 1180. The largest absolute Gasteiger partial charge is 0.487 e. The second-order valence-corrected chi connectivity index (χ2v) is 7.73. The van der Waals surface area contributed by atoms with Crippen molar-refractivity contribution in [2.24, 2.45) is 5.73 Å². The van der Waals surface area contributed by atoms with E-state index in [0.29, 0.717) is 5.56 Å². The maximum Gasteiger partial charge on any atom is 0.416 e. The van der Waals surface area contributed by atoms with Crippen LogP contribution in [0.4, 0.5) is 22.0 Å². The Hall–Kier alpha value is -3.03. The van der Waals surface area contributed by atoms with Crippen LogP contribution in [0.25, 0.3) is 11.3 Å². The van der Waals surface area contributed by atoms with Crippen molar-refractivity contribution in [3.05, 3.63) is 69.7 Å². The topological polar surface area (TPSA) is 96.8 Å². The van der Waals surface area contributed by atoms with E-state index in [4.69, 9.17) is 24.4 Å². The van der Waals surface area contributed by atoms with Gasteiger partial charge >= 0.3 is 6.18 Å². The number of carbonyl (C=O) groups is 1. The number of ether oxygens (including phenoxy) is 3. The van der Waals surface area contributed by atoms with Crippen LogP contribution in [0.15, 0.2) is 45.5 Å². The summed E-state index contributed by atoms with van der Waals surface area (Å²) in [5.74, 6) is -4.24. The lowest BCUT2D eigenvalue weighted by Gasteiger charge is -2.16. The number of aromatic nitrogens is 1. The fraction of sp³-hybridized carbons (Fsp3) is 0.273. The van der Waals surface area contributed by atoms with E-state index < -0.39 is 46.7 Å². The van der Waals surface area contributed by atoms with Crippen LogP contribution in [0.2, 0.25) is 0 Å². The Morgan fingerprint density at radius 3 is 2.43 bits per heavy atom. The van der Waals surface area contributed by atoms with Crippen molar-refractivity contribution in [3.8, 4) is 17.0 Å². The highest BCUT2D eigenvalue weighted by Gasteiger charge is 2.30. The van der Waals surface area contributed by atoms with Gasteiger partial charge in [0.2, 0.25) is 5.89 Å². The summed E-state index contributed by atoms with van der Waals surface area (Å²) in [4.78, 5) is 15.6. The minimum absolute atomic E-state index is 0.0412. The molecule has 0 fully saturated rings. The molecule has 3 aromatic rings. The van der Waals surface area contributed by atoms with Crippen LogP contribution in [0.3, 0.4) is 0 Å². The van der Waals surface area contributed by atoms with Crippen molar-refractivity contribution in [2.45, 2.75) is 12.3 Å². The zero-order valence-electron chi connectivity index (χ0n) is 18.0. The number of hydrogen-bond acceptors (Lipinski definition) is 6. The van der Waals surface area contributed by atoms with Crippen LogP contribution in [0.5, 0.6) is 5.75 Å². The van der Waals surface area contributed by atoms with Gasteiger partial charge in [0.25, 0.3) is 5.91 Å². The molecule has 7 nitrogen and oxygen atoms in total. The summed E-state index contributed by atoms with van der Waals surface area (Å²) in [5, 5.41) is 0. The van der Waals surface area contributed by atoms with E-state index in [1.807, 2.05) is 0 Å². The average Bonchev–Trinajstić information content (AvgIpc) is 3.18. The minimum Gasteiger partial charge on any atom is -0.487 e. The van der Waals surface area contributed by atoms with Gasteiger partial charge in [-0.05, 0) is 40.2 Å². The highest BCUT2D eigenvalue weighted by atomic mass is 79.9. The SMILES string of the molecule is COCCOC(COc1ccc(F)c(C(N)=O)c1F)c1nc(-c2ccc(C(F)(F)F)cc2)c(Br)o1. The number of alkyl halides is 3. The Kier molecular flexibility index (Phi) is 8.46. The molecule has 0 aliphatic carbocycles. The molecular weight excluding hydrogens is 547 g/mol. The van der Waals surface area contributed by atoms with Crippen LogP contribution in [0, 0.1) is 11.6 Å². The van der Waals surface area contributed by atoms with E-state index in [2.05, 4.69) is 20.9 Å². The summed E-state index contributed by atoms with van der Waals surface area (Å²) in [7, 11) is 1.44. The number of hydrogen-bond donors (Lipinski definition) is 1. The molecule has 2 aromatic carbocycles. The van der Waals surface area contributed by atoms with Gasteiger partial charge < -0.3 is 24.4 Å². The van der Waals surface area contributed by atoms with E-state index >= 15 is 0 Å². The molecule has 0 aliphatic rings. The number of carbonyl (C=O) groups excluding carboxylic acids is 1. The third kappa shape index (κ3) is 6.35. The van der Waals surface area contributed by atoms with Gasteiger partial charge in [0.05, 0.1) is 18.8 Å². The molecule has 35 heavy (non-hydrogen) atoms. The first-order chi connectivity index (χ1) is 16.5. The van der Waals surface area contributed by atoms with Gasteiger partial charge in [-0.25, -0.2) is 13.8 Å². The number of rotatable bonds is 10. The van der Waals surface area contributed by atoms with Crippen molar-refractivity contribution in [3.63, 3.8) is 0 Å². The van der Waals surface area contributed by atoms with Gasteiger partial charge in [0.15, 0.2) is 22.3 Å². The molecule has 0 spiro atoms. The summed E-state index contributed by atoms with van der Waals surface area (Å²) in [6, 6.07) is 6.06. The van der Waals surface area contributed by atoms with E-state index in [9.17, 15) is 26.7 Å². The van der Waals surface area contributed by atoms with Crippen LogP contribution < -0.4 is 10.5 Å². The Labute approximate surface area is 204 Å². The lowest BCUT2D eigenvalue weighted by Crippen LogP contribution is -2.19. The third-order valence-corrected chi connectivity index (χ3v) is 5.20. The first kappa shape index (κ1) is 26.6. The van der Waals surface area contributed by atoms with Crippen LogP contribution >= 0.6 is 15.9 Å². The fourth-order valence-corrected chi connectivity index (χ4v) is 3.43. The molecule has 0 saturated carbocycles. The molecule has 0 saturated heterocycles. The van der Waals surface area contributed by atoms with Gasteiger partial charge in [-0.3, -0.25) is 4.79 Å². The molecule has 2 N–H and O–H groups in total. The molecule has 3 rings (SSSR count). The summed E-state index contributed by atoms with van der Waals surface area (Å²) >= 11 is 3.18. The Morgan fingerprint density at radius 1 is 1.14 bits per heavy atom. The molecule has 188 valence electrons. The molecule has 1 unspecified atom stereocenters. The first-order valence-electron chi connectivity index (χ1n) is 9.88. The van der Waals surface area contributed by atoms with E-state index in [0.717, 1.165) is 24.3 Å². The molecule has 1 heterocycles. The number of primary amides is 1. The van der Waals surface area contributed by atoms with Gasteiger partial charge in [-0.1, -0.05) is 12.1 Å². The van der Waals surface area contributed by atoms with Crippen molar-refractivity contribution in [2.75, 3.05) is 26.9 Å². The van der Waals surface area contributed by atoms with Crippen molar-refractivity contribution in [1.82, 2.24) is 4.98 Å². The number of methoxy groups -OCH3 is 1. The lowest BCUT2D eigenvalue weighted by molar-refractivity contribution is -0.137. The Balaban J connectivity index is 1.86. The maximum absolute atomic E-state index is 14.5. The predicted octanol–water partition coefficient (Wildman–Crippen LogP) is 5.28. The van der Waals surface area contributed by atoms with Crippen LogP contribution in [-0.2, 0) is 15.7 Å². The highest BCUT2D eigenvalue weighted by Crippen LogP contribution is 2.35. The number of amides is 1. The number of halogens is 6. The summed E-state index contributed by atoms with van der Waals surface area (Å²) in [5.41, 5.74) is 3.75. The number of benzene rings is 2. The number of nitrogens with zero attached hydrogens (tertiary/aromatic N) is 1. The quantitative estimate of drug-likeness (QED) is 0.266. The van der Waals surface area contributed by atoms with Gasteiger partial charge in [0.1, 0.15) is 23.7 Å². The van der Waals surface area contributed by atoms with Gasteiger partial charge in [-0.2, -0.15) is 13.2 Å². The molecule has 0 bridgehead atoms. The molecule has 0 radical (unpaired) electrons. The van der Waals surface area contributed by atoms with Crippen molar-refractivity contribution < 1.29 is 45.4 Å². The molecule has 13 heteroatoms. The standard InChI is InChI=1S/C22H18BrF5N2O5/c1-32-8-9-33-15(10-34-14-7-6-13(24)16(17(14)25)20(29)31)21-30-18(19(23)35-21)11-2-4-12(5-3-11)22(26,27)28/h2-7,15H,8-10H2,1H3,(H2,29,31). The normalized spacial score (nSPS) is 12.5. The van der Waals surface area contributed by atoms with Crippen molar-refractivity contribution in [1.29, 1.82) is 0 Å². The third-order valence-electron chi connectivity index (χ3n) is 4.66. The number of nitrogens with two attached hydrogens (primary N) is 1. The lowest BCUT2D eigenvalue weighted by atomic mass is 10.1. The minimum atomic E-state index is -4.49. The van der Waals surface area contributed by atoms with Crippen LogP contribution in [-0.4, -0.2) is 37.8 Å². The monoisotopic (exact) mass is 564 g/mol. The average molecular weight is 565 g/mol. The predicted molar refractivity (Wildman–Crippen MR) is 116 cm³/mol. The van der Waals surface area contributed by atoms with E-state index in [-0.39, 0.29) is 36.1 Å². The Morgan fingerprint density at radius 2 is 1.83 bits per heavy atom. The molecular formula is C22H18BrF5N2O5.